The molecule has 0 bridgehead atoms. The molecule has 0 unspecified atom stereocenters. The number of hydrogen-bond donors (Lipinski definition) is 1. The molecule has 0 atom stereocenters. The minimum Gasteiger partial charge on any atom is -0.378 e. The van der Waals surface area contributed by atoms with Crippen LogP contribution in [0.1, 0.15) is 17.1 Å². The van der Waals surface area contributed by atoms with Crippen LogP contribution < -0.4 is 5.32 Å². The van der Waals surface area contributed by atoms with E-state index in [1.807, 2.05) is 13.0 Å². The van der Waals surface area contributed by atoms with Crippen molar-refractivity contribution >= 4 is 27.3 Å². The van der Waals surface area contributed by atoms with Gasteiger partial charge in [-0.25, -0.2) is 9.97 Å². The minimum absolute atomic E-state index is 0.0975. The third-order valence-electron chi connectivity index (χ3n) is 2.78. The Hall–Kier alpha value is -2.02. The Morgan fingerprint density at radius 1 is 1.40 bits per heavy atom. The van der Waals surface area contributed by atoms with E-state index in [0.29, 0.717) is 22.4 Å². The fourth-order valence-corrected chi connectivity index (χ4v) is 2.26. The third kappa shape index (κ3) is 3.30. The van der Waals surface area contributed by atoms with Gasteiger partial charge in [0.1, 0.15) is 5.82 Å². The topological polar surface area (TPSA) is 81.0 Å². The van der Waals surface area contributed by atoms with Crippen molar-refractivity contribution in [3.63, 3.8) is 0 Å². The SMILES string of the molecule is Cc1nccc(CNc2cc(C)c([N+](=O)[O-])cc2Br)n1. The molecule has 0 spiro atoms. The molecule has 0 saturated heterocycles. The van der Waals surface area contributed by atoms with Gasteiger partial charge in [-0.15, -0.1) is 0 Å². The summed E-state index contributed by atoms with van der Waals surface area (Å²) < 4.78 is 0.653. The summed E-state index contributed by atoms with van der Waals surface area (Å²) in [5, 5.41) is 14.1. The van der Waals surface area contributed by atoms with E-state index in [0.717, 1.165) is 11.4 Å². The van der Waals surface area contributed by atoms with Gasteiger partial charge in [-0.2, -0.15) is 0 Å². The summed E-state index contributed by atoms with van der Waals surface area (Å²) in [4.78, 5) is 18.8. The largest absolute Gasteiger partial charge is 0.378 e. The van der Waals surface area contributed by atoms with E-state index in [1.54, 1.807) is 19.2 Å². The van der Waals surface area contributed by atoms with Gasteiger partial charge in [-0.1, -0.05) is 0 Å². The first-order valence-electron chi connectivity index (χ1n) is 5.94. The summed E-state index contributed by atoms with van der Waals surface area (Å²) in [6.07, 6.45) is 1.70. The normalized spacial score (nSPS) is 10.3. The van der Waals surface area contributed by atoms with E-state index in [4.69, 9.17) is 0 Å². The summed E-state index contributed by atoms with van der Waals surface area (Å²) in [7, 11) is 0. The first kappa shape index (κ1) is 14.4. The third-order valence-corrected chi connectivity index (χ3v) is 3.43. The quantitative estimate of drug-likeness (QED) is 0.683. The maximum Gasteiger partial charge on any atom is 0.273 e. The smallest absolute Gasteiger partial charge is 0.273 e. The lowest BCUT2D eigenvalue weighted by molar-refractivity contribution is -0.385. The second-order valence-electron chi connectivity index (χ2n) is 4.32. The maximum atomic E-state index is 10.8. The van der Waals surface area contributed by atoms with Gasteiger partial charge in [0.05, 0.1) is 17.2 Å². The van der Waals surface area contributed by atoms with Crippen LogP contribution in [0.2, 0.25) is 0 Å². The molecule has 6 nitrogen and oxygen atoms in total. The van der Waals surface area contributed by atoms with Crippen LogP contribution >= 0.6 is 15.9 Å². The Bertz CT molecular complexity index is 661. The molecular weight excluding hydrogens is 324 g/mol. The van der Waals surface area contributed by atoms with E-state index < -0.39 is 4.92 Å². The van der Waals surface area contributed by atoms with E-state index in [1.165, 1.54) is 6.07 Å². The van der Waals surface area contributed by atoms with Crippen molar-refractivity contribution < 1.29 is 4.92 Å². The van der Waals surface area contributed by atoms with Gasteiger partial charge in [0, 0.05) is 28.0 Å². The fourth-order valence-electron chi connectivity index (χ4n) is 1.79. The summed E-state index contributed by atoms with van der Waals surface area (Å²) in [6, 6.07) is 5.07. The first-order valence-corrected chi connectivity index (χ1v) is 6.73. The van der Waals surface area contributed by atoms with E-state index in [9.17, 15) is 10.1 Å². The van der Waals surface area contributed by atoms with Crippen LogP contribution in [0.3, 0.4) is 0 Å². The minimum atomic E-state index is -0.391. The van der Waals surface area contributed by atoms with Crippen molar-refractivity contribution in [3.05, 3.63) is 56.1 Å². The molecule has 2 aromatic rings. The molecule has 1 N–H and O–H groups in total. The highest BCUT2D eigenvalue weighted by atomic mass is 79.9. The molecule has 1 heterocycles. The Labute approximate surface area is 124 Å². The standard InChI is InChI=1S/C13H13BrN4O2/c1-8-5-12(11(14)6-13(8)18(19)20)16-7-10-3-4-15-9(2)17-10/h3-6,16H,7H2,1-2H3. The van der Waals surface area contributed by atoms with Crippen LogP contribution in [0.15, 0.2) is 28.9 Å². The van der Waals surface area contributed by atoms with Crippen LogP contribution in [0.25, 0.3) is 0 Å². The van der Waals surface area contributed by atoms with Crippen LogP contribution in [0.4, 0.5) is 11.4 Å². The highest BCUT2D eigenvalue weighted by molar-refractivity contribution is 9.10. The molecule has 0 aliphatic carbocycles. The van der Waals surface area contributed by atoms with E-state index >= 15 is 0 Å². The zero-order valence-corrected chi connectivity index (χ0v) is 12.6. The number of aromatic nitrogens is 2. The number of halogens is 1. The van der Waals surface area contributed by atoms with Crippen LogP contribution in [-0.2, 0) is 6.54 Å². The Morgan fingerprint density at radius 3 is 2.80 bits per heavy atom. The van der Waals surface area contributed by atoms with Gasteiger partial charge in [-0.3, -0.25) is 10.1 Å². The van der Waals surface area contributed by atoms with Crippen LogP contribution in [0, 0.1) is 24.0 Å². The maximum absolute atomic E-state index is 10.8. The summed E-state index contributed by atoms with van der Waals surface area (Å²) in [5.41, 5.74) is 2.37. The molecule has 2 rings (SSSR count). The van der Waals surface area contributed by atoms with Gasteiger partial charge in [-0.05, 0) is 41.9 Å². The molecule has 20 heavy (non-hydrogen) atoms. The number of anilines is 1. The van der Waals surface area contributed by atoms with Gasteiger partial charge >= 0.3 is 0 Å². The highest BCUT2D eigenvalue weighted by Gasteiger charge is 2.14. The molecule has 104 valence electrons. The number of hydrogen-bond acceptors (Lipinski definition) is 5. The van der Waals surface area contributed by atoms with Crippen molar-refractivity contribution in [2.45, 2.75) is 20.4 Å². The number of nitro groups is 1. The molecule has 7 heteroatoms. The molecular formula is C13H13BrN4O2. The number of nitrogens with zero attached hydrogens (tertiary/aromatic N) is 3. The van der Waals surface area contributed by atoms with Gasteiger partial charge in [0.25, 0.3) is 5.69 Å². The molecule has 1 aromatic carbocycles. The lowest BCUT2D eigenvalue weighted by Crippen LogP contribution is -2.04. The lowest BCUT2D eigenvalue weighted by Gasteiger charge is -2.09. The zero-order chi connectivity index (χ0) is 14.7. The molecule has 0 saturated carbocycles. The van der Waals surface area contributed by atoms with Gasteiger partial charge in [0.15, 0.2) is 0 Å². The Morgan fingerprint density at radius 2 is 2.15 bits per heavy atom. The predicted octanol–water partition coefficient (Wildman–Crippen LogP) is 3.38. The average Bonchev–Trinajstić information content (AvgIpc) is 2.39. The predicted molar refractivity (Wildman–Crippen MR) is 79.6 cm³/mol. The molecule has 0 aliphatic heterocycles. The number of rotatable bonds is 4. The molecule has 0 aliphatic rings. The zero-order valence-electron chi connectivity index (χ0n) is 11.1. The second kappa shape index (κ2) is 5.96. The van der Waals surface area contributed by atoms with Crippen molar-refractivity contribution in [1.29, 1.82) is 0 Å². The molecule has 0 radical (unpaired) electrons. The number of aryl methyl sites for hydroxylation is 2. The van der Waals surface area contributed by atoms with E-state index in [-0.39, 0.29) is 5.69 Å². The highest BCUT2D eigenvalue weighted by Crippen LogP contribution is 2.30. The number of nitrogens with one attached hydrogen (secondary N) is 1. The van der Waals surface area contributed by atoms with Crippen molar-refractivity contribution in [2.24, 2.45) is 0 Å². The van der Waals surface area contributed by atoms with Crippen molar-refractivity contribution in [2.75, 3.05) is 5.32 Å². The average molecular weight is 337 g/mol. The summed E-state index contributed by atoms with van der Waals surface area (Å²) >= 11 is 3.34. The van der Waals surface area contributed by atoms with E-state index in [2.05, 4.69) is 31.2 Å². The van der Waals surface area contributed by atoms with Crippen molar-refractivity contribution in [3.8, 4) is 0 Å². The molecule has 1 aromatic heterocycles. The van der Waals surface area contributed by atoms with Gasteiger partial charge in [0.2, 0.25) is 0 Å². The Balaban J connectivity index is 2.18. The summed E-state index contributed by atoms with van der Waals surface area (Å²) in [6.45, 7) is 4.07. The van der Waals surface area contributed by atoms with Gasteiger partial charge < -0.3 is 5.32 Å². The first-order chi connectivity index (χ1) is 9.47. The van der Waals surface area contributed by atoms with Crippen LogP contribution in [0.5, 0.6) is 0 Å². The number of nitro benzene ring substituents is 1. The number of benzene rings is 1. The monoisotopic (exact) mass is 336 g/mol. The van der Waals surface area contributed by atoms with Crippen molar-refractivity contribution in [1.82, 2.24) is 9.97 Å². The van der Waals surface area contributed by atoms with Crippen LogP contribution in [-0.4, -0.2) is 14.9 Å². The lowest BCUT2D eigenvalue weighted by atomic mass is 10.2. The second-order valence-corrected chi connectivity index (χ2v) is 5.18. The summed E-state index contributed by atoms with van der Waals surface area (Å²) in [5.74, 6) is 0.711. The fraction of sp³-hybridized carbons (Fsp3) is 0.231. The Kier molecular flexibility index (Phi) is 4.29. The molecule has 0 fully saturated rings. The molecule has 0 amide bonds.